The number of hydrogen-bond donors (Lipinski definition) is 1. The van der Waals surface area contributed by atoms with Crippen LogP contribution in [0.4, 0.5) is 4.79 Å². The van der Waals surface area contributed by atoms with E-state index in [1.807, 2.05) is 31.2 Å². The first kappa shape index (κ1) is 14.5. The SMILES string of the molecule is COCOC(C)C(OC(N)=O)c1ccccc1C. The monoisotopic (exact) mass is 253 g/mol. The fraction of sp³-hybridized carbons (Fsp3) is 0.462. The van der Waals surface area contributed by atoms with Crippen molar-refractivity contribution >= 4 is 6.09 Å². The lowest BCUT2D eigenvalue weighted by Gasteiger charge is -2.24. The van der Waals surface area contributed by atoms with Crippen molar-refractivity contribution in [3.05, 3.63) is 35.4 Å². The number of hydrogen-bond acceptors (Lipinski definition) is 4. The van der Waals surface area contributed by atoms with Crippen LogP contribution in [0, 0.1) is 6.92 Å². The van der Waals surface area contributed by atoms with Gasteiger partial charge in [0.2, 0.25) is 0 Å². The van der Waals surface area contributed by atoms with Crippen molar-refractivity contribution in [2.24, 2.45) is 5.73 Å². The molecule has 5 nitrogen and oxygen atoms in total. The number of carbonyl (C=O) groups excluding carboxylic acids is 1. The molecule has 0 fully saturated rings. The van der Waals surface area contributed by atoms with Crippen LogP contribution in [0.2, 0.25) is 0 Å². The van der Waals surface area contributed by atoms with Crippen LogP contribution in [-0.4, -0.2) is 26.1 Å². The number of ether oxygens (including phenoxy) is 3. The summed E-state index contributed by atoms with van der Waals surface area (Å²) in [6, 6.07) is 7.62. The lowest BCUT2D eigenvalue weighted by Crippen LogP contribution is -2.28. The Morgan fingerprint density at radius 3 is 2.61 bits per heavy atom. The molecule has 0 aromatic heterocycles. The topological polar surface area (TPSA) is 70.8 Å². The van der Waals surface area contributed by atoms with E-state index in [1.165, 1.54) is 7.11 Å². The Kier molecular flexibility index (Phi) is 5.61. The summed E-state index contributed by atoms with van der Waals surface area (Å²) >= 11 is 0. The predicted molar refractivity (Wildman–Crippen MR) is 67.0 cm³/mol. The van der Waals surface area contributed by atoms with E-state index in [0.717, 1.165) is 11.1 Å². The molecule has 100 valence electrons. The zero-order valence-electron chi connectivity index (χ0n) is 10.9. The highest BCUT2D eigenvalue weighted by atomic mass is 16.7. The Hall–Kier alpha value is -1.59. The lowest BCUT2D eigenvalue weighted by molar-refractivity contribution is -0.107. The molecule has 1 aromatic carbocycles. The van der Waals surface area contributed by atoms with Crippen LogP contribution in [0.3, 0.4) is 0 Å². The van der Waals surface area contributed by atoms with E-state index in [0.29, 0.717) is 0 Å². The van der Waals surface area contributed by atoms with E-state index in [1.54, 1.807) is 6.92 Å². The first-order valence-electron chi connectivity index (χ1n) is 5.68. The summed E-state index contributed by atoms with van der Waals surface area (Å²) in [6.45, 7) is 3.88. The van der Waals surface area contributed by atoms with Gasteiger partial charge in [0.15, 0.2) is 6.10 Å². The molecule has 0 aliphatic rings. The van der Waals surface area contributed by atoms with Crippen LogP contribution in [0.1, 0.15) is 24.2 Å². The molecule has 0 aliphatic carbocycles. The highest BCUT2D eigenvalue weighted by molar-refractivity contribution is 5.65. The average Bonchev–Trinajstić information content (AvgIpc) is 2.34. The van der Waals surface area contributed by atoms with Gasteiger partial charge in [0.05, 0.1) is 6.10 Å². The fourth-order valence-electron chi connectivity index (χ4n) is 1.71. The molecule has 0 bridgehead atoms. The highest BCUT2D eigenvalue weighted by Gasteiger charge is 2.24. The van der Waals surface area contributed by atoms with Crippen LogP contribution in [-0.2, 0) is 14.2 Å². The van der Waals surface area contributed by atoms with E-state index in [-0.39, 0.29) is 12.9 Å². The maximum Gasteiger partial charge on any atom is 0.405 e. The van der Waals surface area contributed by atoms with Crippen molar-refractivity contribution in [2.75, 3.05) is 13.9 Å². The molecule has 0 heterocycles. The Balaban J connectivity index is 2.90. The van der Waals surface area contributed by atoms with Gasteiger partial charge in [0, 0.05) is 7.11 Å². The van der Waals surface area contributed by atoms with Gasteiger partial charge in [-0.2, -0.15) is 0 Å². The largest absolute Gasteiger partial charge is 0.439 e. The Bertz CT molecular complexity index is 394. The van der Waals surface area contributed by atoms with Crippen molar-refractivity contribution in [3.8, 4) is 0 Å². The molecule has 1 amide bonds. The Morgan fingerprint density at radius 2 is 2.06 bits per heavy atom. The van der Waals surface area contributed by atoms with Gasteiger partial charge in [0.1, 0.15) is 6.79 Å². The Morgan fingerprint density at radius 1 is 1.39 bits per heavy atom. The molecule has 2 N–H and O–H groups in total. The third kappa shape index (κ3) is 4.01. The number of methoxy groups -OCH3 is 1. The molecule has 0 aliphatic heterocycles. The first-order valence-corrected chi connectivity index (χ1v) is 5.68. The van der Waals surface area contributed by atoms with Gasteiger partial charge in [-0.25, -0.2) is 4.79 Å². The van der Waals surface area contributed by atoms with Crippen LogP contribution in [0.25, 0.3) is 0 Å². The van der Waals surface area contributed by atoms with E-state index < -0.39 is 12.2 Å². The van der Waals surface area contributed by atoms with Gasteiger partial charge in [0.25, 0.3) is 0 Å². The van der Waals surface area contributed by atoms with E-state index in [9.17, 15) is 4.79 Å². The minimum absolute atomic E-state index is 0.131. The number of rotatable bonds is 6. The molecule has 2 unspecified atom stereocenters. The summed E-state index contributed by atoms with van der Waals surface area (Å²) < 4.78 is 15.4. The maximum atomic E-state index is 11.0. The zero-order chi connectivity index (χ0) is 13.5. The van der Waals surface area contributed by atoms with Gasteiger partial charge >= 0.3 is 6.09 Å². The first-order chi connectivity index (χ1) is 8.56. The summed E-state index contributed by atoms with van der Waals surface area (Å²) in [4.78, 5) is 11.0. The Labute approximate surface area is 107 Å². The van der Waals surface area contributed by atoms with E-state index in [2.05, 4.69) is 0 Å². The number of benzene rings is 1. The summed E-state index contributed by atoms with van der Waals surface area (Å²) in [6.07, 6.45) is -1.71. The minimum Gasteiger partial charge on any atom is -0.439 e. The molecule has 2 atom stereocenters. The summed E-state index contributed by atoms with van der Waals surface area (Å²) in [7, 11) is 1.53. The van der Waals surface area contributed by atoms with Crippen LogP contribution < -0.4 is 5.73 Å². The lowest BCUT2D eigenvalue weighted by atomic mass is 10.00. The summed E-state index contributed by atoms with van der Waals surface area (Å²) in [5.41, 5.74) is 6.98. The second kappa shape index (κ2) is 6.98. The molecule has 1 rings (SSSR count). The van der Waals surface area contributed by atoms with Crippen molar-refractivity contribution in [2.45, 2.75) is 26.1 Å². The minimum atomic E-state index is -0.823. The van der Waals surface area contributed by atoms with E-state index >= 15 is 0 Å². The number of amides is 1. The molecule has 0 spiro atoms. The van der Waals surface area contributed by atoms with Gasteiger partial charge in [-0.1, -0.05) is 24.3 Å². The molecular weight excluding hydrogens is 234 g/mol. The van der Waals surface area contributed by atoms with Gasteiger partial charge < -0.3 is 19.9 Å². The third-order valence-electron chi connectivity index (χ3n) is 2.61. The molecule has 1 aromatic rings. The van der Waals surface area contributed by atoms with Crippen molar-refractivity contribution in [1.82, 2.24) is 0 Å². The quantitative estimate of drug-likeness (QED) is 0.788. The van der Waals surface area contributed by atoms with Crippen LogP contribution in [0.5, 0.6) is 0 Å². The molecule has 0 saturated heterocycles. The molecule has 0 saturated carbocycles. The highest BCUT2D eigenvalue weighted by Crippen LogP contribution is 2.26. The van der Waals surface area contributed by atoms with E-state index in [4.69, 9.17) is 19.9 Å². The number of aryl methyl sites for hydroxylation is 1. The fourth-order valence-corrected chi connectivity index (χ4v) is 1.71. The van der Waals surface area contributed by atoms with Gasteiger partial charge in [-0.3, -0.25) is 0 Å². The summed E-state index contributed by atoms with van der Waals surface area (Å²) in [5, 5.41) is 0. The zero-order valence-corrected chi connectivity index (χ0v) is 10.9. The second-order valence-corrected chi connectivity index (χ2v) is 3.99. The van der Waals surface area contributed by atoms with Crippen LogP contribution >= 0.6 is 0 Å². The third-order valence-corrected chi connectivity index (χ3v) is 2.61. The van der Waals surface area contributed by atoms with Gasteiger partial charge in [-0.05, 0) is 25.0 Å². The molecular formula is C13H19NO4. The average molecular weight is 253 g/mol. The predicted octanol–water partition coefficient (Wildman–Crippen LogP) is 2.14. The number of primary amides is 1. The van der Waals surface area contributed by atoms with Gasteiger partial charge in [-0.15, -0.1) is 0 Å². The van der Waals surface area contributed by atoms with Crippen molar-refractivity contribution in [3.63, 3.8) is 0 Å². The molecule has 18 heavy (non-hydrogen) atoms. The second-order valence-electron chi connectivity index (χ2n) is 3.99. The molecule has 0 radical (unpaired) electrons. The van der Waals surface area contributed by atoms with Crippen molar-refractivity contribution in [1.29, 1.82) is 0 Å². The number of carbonyl (C=O) groups is 1. The standard InChI is InChI=1S/C13H19NO4/c1-9-6-4-5-7-11(9)12(18-13(14)15)10(2)17-8-16-3/h4-7,10,12H,8H2,1-3H3,(H2,14,15). The van der Waals surface area contributed by atoms with Crippen molar-refractivity contribution < 1.29 is 19.0 Å². The smallest absolute Gasteiger partial charge is 0.405 e. The number of nitrogens with two attached hydrogens (primary N) is 1. The molecule has 5 heteroatoms. The van der Waals surface area contributed by atoms with Crippen LogP contribution in [0.15, 0.2) is 24.3 Å². The maximum absolute atomic E-state index is 11.0. The normalized spacial score (nSPS) is 13.9. The summed E-state index contributed by atoms with van der Waals surface area (Å²) in [5.74, 6) is 0.